The third-order valence-electron chi connectivity index (χ3n) is 3.98. The molecule has 0 aliphatic carbocycles. The Bertz CT molecular complexity index is 1070. The van der Waals surface area contributed by atoms with Crippen molar-refractivity contribution in [3.63, 3.8) is 0 Å². The number of carbonyl (C=O) groups is 2. The normalized spacial score (nSPS) is 10.5. The third kappa shape index (κ3) is 3.94. The fourth-order valence-electron chi connectivity index (χ4n) is 2.65. The summed E-state index contributed by atoms with van der Waals surface area (Å²) in [5.41, 5.74) is 0.162. The lowest BCUT2D eigenvalue weighted by atomic mass is 10.0. The number of esters is 1. The van der Waals surface area contributed by atoms with Crippen molar-refractivity contribution in [1.82, 2.24) is 0 Å². The van der Waals surface area contributed by atoms with E-state index in [1.807, 2.05) is 0 Å². The molecule has 0 heterocycles. The number of methoxy groups -OCH3 is 1. The molecule has 28 heavy (non-hydrogen) atoms. The smallest absolute Gasteiger partial charge is 0.342 e. The van der Waals surface area contributed by atoms with Crippen LogP contribution in [0.25, 0.3) is 10.8 Å². The molecule has 3 N–H and O–H groups in total. The molecule has 0 unspecified atom stereocenters. The van der Waals surface area contributed by atoms with Gasteiger partial charge in [-0.15, -0.1) is 0 Å². The van der Waals surface area contributed by atoms with E-state index in [1.54, 1.807) is 36.4 Å². The zero-order valence-corrected chi connectivity index (χ0v) is 15.5. The number of hydrogen-bond donors (Lipinski definition) is 3. The number of halogens is 1. The summed E-state index contributed by atoms with van der Waals surface area (Å²) in [5.74, 6) is -1.60. The van der Waals surface area contributed by atoms with E-state index >= 15 is 0 Å². The van der Waals surface area contributed by atoms with Crippen LogP contribution < -0.4 is 10.1 Å². The molecular formula is C20H16ClNO6. The monoisotopic (exact) mass is 401 g/mol. The fourth-order valence-corrected chi connectivity index (χ4v) is 2.90. The lowest BCUT2D eigenvalue weighted by molar-refractivity contribution is -0.119. The number of rotatable bonds is 5. The number of aromatic hydroxyl groups is 2. The third-order valence-corrected chi connectivity index (χ3v) is 4.28. The predicted octanol–water partition coefficient (Wildman–Crippen LogP) is 3.71. The van der Waals surface area contributed by atoms with Crippen molar-refractivity contribution in [2.75, 3.05) is 19.0 Å². The Morgan fingerprint density at radius 3 is 2.46 bits per heavy atom. The van der Waals surface area contributed by atoms with Gasteiger partial charge in [-0.1, -0.05) is 35.9 Å². The fraction of sp³-hybridized carbons (Fsp3) is 0.100. The molecule has 0 aliphatic heterocycles. The van der Waals surface area contributed by atoms with Crippen molar-refractivity contribution < 1.29 is 29.3 Å². The molecule has 3 aromatic rings. The Labute approximate surface area is 165 Å². The van der Waals surface area contributed by atoms with Gasteiger partial charge in [-0.25, -0.2) is 4.79 Å². The molecule has 0 bridgehead atoms. The maximum atomic E-state index is 12.2. The molecule has 144 valence electrons. The minimum Gasteiger partial charge on any atom is -0.507 e. The molecule has 0 atom stereocenters. The number of carbonyl (C=O) groups excluding carboxylic acids is 2. The Morgan fingerprint density at radius 2 is 1.79 bits per heavy atom. The van der Waals surface area contributed by atoms with Crippen LogP contribution in [0.1, 0.15) is 10.4 Å². The van der Waals surface area contributed by atoms with E-state index in [0.29, 0.717) is 27.2 Å². The first kappa shape index (κ1) is 19.3. The summed E-state index contributed by atoms with van der Waals surface area (Å²) < 4.78 is 9.97. The van der Waals surface area contributed by atoms with Crippen molar-refractivity contribution in [2.45, 2.75) is 0 Å². The standard InChI is InChI=1S/C20H16ClNO6/c1-27-17-7-6-11(8-15(17)21)22-18(24)10-28-20(26)14-9-16(23)12-4-2-3-5-13(12)19(14)25/h2-9,23,25H,10H2,1H3,(H,22,24). The van der Waals surface area contributed by atoms with E-state index < -0.39 is 18.5 Å². The second kappa shape index (κ2) is 8.06. The van der Waals surface area contributed by atoms with Crippen molar-refractivity contribution in [3.05, 3.63) is 59.1 Å². The van der Waals surface area contributed by atoms with Gasteiger partial charge < -0.3 is 25.0 Å². The molecule has 0 saturated carbocycles. The molecule has 3 rings (SSSR count). The predicted molar refractivity (Wildman–Crippen MR) is 104 cm³/mol. The van der Waals surface area contributed by atoms with E-state index in [0.717, 1.165) is 6.07 Å². The van der Waals surface area contributed by atoms with Gasteiger partial charge in [-0.3, -0.25) is 4.79 Å². The maximum Gasteiger partial charge on any atom is 0.342 e. The molecule has 0 aliphatic rings. The van der Waals surface area contributed by atoms with Crippen molar-refractivity contribution >= 4 is 39.9 Å². The number of nitrogens with one attached hydrogen (secondary N) is 1. The van der Waals surface area contributed by atoms with Crippen LogP contribution in [-0.4, -0.2) is 35.8 Å². The first-order chi connectivity index (χ1) is 13.4. The first-order valence-corrected chi connectivity index (χ1v) is 8.52. The Kier molecular flexibility index (Phi) is 5.56. The molecule has 0 spiro atoms. The van der Waals surface area contributed by atoms with Gasteiger partial charge >= 0.3 is 5.97 Å². The van der Waals surface area contributed by atoms with Gasteiger partial charge in [0.05, 0.1) is 12.1 Å². The van der Waals surface area contributed by atoms with E-state index in [4.69, 9.17) is 21.1 Å². The van der Waals surface area contributed by atoms with E-state index in [1.165, 1.54) is 13.2 Å². The van der Waals surface area contributed by atoms with Gasteiger partial charge in [0, 0.05) is 16.5 Å². The molecule has 0 radical (unpaired) electrons. The van der Waals surface area contributed by atoms with Crippen molar-refractivity contribution in [3.8, 4) is 17.2 Å². The van der Waals surface area contributed by atoms with Gasteiger partial charge in [0.15, 0.2) is 6.61 Å². The van der Waals surface area contributed by atoms with Gasteiger partial charge in [0.1, 0.15) is 22.8 Å². The maximum absolute atomic E-state index is 12.2. The number of fused-ring (bicyclic) bond motifs is 1. The van der Waals surface area contributed by atoms with Crippen LogP contribution in [-0.2, 0) is 9.53 Å². The Hall–Kier alpha value is -3.45. The summed E-state index contributed by atoms with van der Waals surface area (Å²) in [4.78, 5) is 24.2. The van der Waals surface area contributed by atoms with Crippen LogP contribution in [0.5, 0.6) is 17.2 Å². The van der Waals surface area contributed by atoms with Crippen LogP contribution in [0.4, 0.5) is 5.69 Å². The zero-order valence-electron chi connectivity index (χ0n) is 14.7. The number of anilines is 1. The minimum atomic E-state index is -0.943. The van der Waals surface area contributed by atoms with Crippen molar-refractivity contribution in [1.29, 1.82) is 0 Å². The summed E-state index contributed by atoms with van der Waals surface area (Å²) in [6.07, 6.45) is 0. The number of ether oxygens (including phenoxy) is 2. The quantitative estimate of drug-likeness (QED) is 0.444. The largest absolute Gasteiger partial charge is 0.507 e. The van der Waals surface area contributed by atoms with Crippen LogP contribution in [0.3, 0.4) is 0 Å². The number of benzene rings is 3. The molecular weight excluding hydrogens is 386 g/mol. The van der Waals surface area contributed by atoms with E-state index in [-0.39, 0.29) is 17.1 Å². The summed E-state index contributed by atoms with van der Waals surface area (Å²) in [5, 5.41) is 23.9. The average Bonchev–Trinajstić information content (AvgIpc) is 2.69. The molecule has 1 amide bonds. The van der Waals surface area contributed by atoms with Gasteiger partial charge in [-0.05, 0) is 24.3 Å². The van der Waals surface area contributed by atoms with Crippen molar-refractivity contribution in [2.24, 2.45) is 0 Å². The lowest BCUT2D eigenvalue weighted by Crippen LogP contribution is -2.21. The van der Waals surface area contributed by atoms with Crippen LogP contribution in [0.15, 0.2) is 48.5 Å². The molecule has 3 aromatic carbocycles. The highest BCUT2D eigenvalue weighted by atomic mass is 35.5. The zero-order chi connectivity index (χ0) is 20.3. The topological polar surface area (TPSA) is 105 Å². The first-order valence-electron chi connectivity index (χ1n) is 8.15. The molecule has 0 fully saturated rings. The molecule has 8 heteroatoms. The highest BCUT2D eigenvalue weighted by molar-refractivity contribution is 6.32. The molecule has 7 nitrogen and oxygen atoms in total. The lowest BCUT2D eigenvalue weighted by Gasteiger charge is -2.11. The minimum absolute atomic E-state index is 0.183. The Morgan fingerprint density at radius 1 is 1.07 bits per heavy atom. The highest BCUT2D eigenvalue weighted by Gasteiger charge is 2.19. The number of phenolic OH excluding ortho intramolecular Hbond substituents is 2. The van der Waals surface area contributed by atoms with Crippen LogP contribution >= 0.6 is 11.6 Å². The van der Waals surface area contributed by atoms with E-state index in [9.17, 15) is 19.8 Å². The highest BCUT2D eigenvalue weighted by Crippen LogP contribution is 2.35. The number of amides is 1. The van der Waals surface area contributed by atoms with Crippen LogP contribution in [0, 0.1) is 0 Å². The number of hydrogen-bond acceptors (Lipinski definition) is 6. The Balaban J connectivity index is 1.69. The van der Waals surface area contributed by atoms with E-state index in [2.05, 4.69) is 5.32 Å². The van der Waals surface area contributed by atoms with Gasteiger partial charge in [-0.2, -0.15) is 0 Å². The molecule has 0 saturated heterocycles. The SMILES string of the molecule is COc1ccc(NC(=O)COC(=O)c2cc(O)c3ccccc3c2O)cc1Cl. The molecule has 0 aromatic heterocycles. The van der Waals surface area contributed by atoms with Gasteiger partial charge in [0.2, 0.25) is 0 Å². The summed E-state index contributed by atoms with van der Waals surface area (Å²) in [6.45, 7) is -0.588. The summed E-state index contributed by atoms with van der Waals surface area (Å²) in [6, 6.07) is 12.3. The number of phenols is 2. The van der Waals surface area contributed by atoms with Gasteiger partial charge in [0.25, 0.3) is 5.91 Å². The second-order valence-electron chi connectivity index (χ2n) is 5.81. The average molecular weight is 402 g/mol. The van der Waals surface area contributed by atoms with Crippen LogP contribution in [0.2, 0.25) is 5.02 Å². The summed E-state index contributed by atoms with van der Waals surface area (Å²) >= 11 is 5.99. The second-order valence-corrected chi connectivity index (χ2v) is 6.22. The summed E-state index contributed by atoms with van der Waals surface area (Å²) in [7, 11) is 1.47.